The van der Waals surface area contributed by atoms with Crippen LogP contribution in [0.4, 0.5) is 5.69 Å². The monoisotopic (exact) mass is 289 g/mol. The Morgan fingerprint density at radius 2 is 2.05 bits per heavy atom. The molecule has 1 aliphatic rings. The average Bonchev–Trinajstić information content (AvgIpc) is 2.75. The summed E-state index contributed by atoms with van der Waals surface area (Å²) in [6.45, 7) is 10.2. The number of hydrogen-bond donors (Lipinski definition) is 1. The third-order valence-electron chi connectivity index (χ3n) is 3.93. The summed E-state index contributed by atoms with van der Waals surface area (Å²) >= 11 is 0. The minimum Gasteiger partial charge on any atom is -0.339 e. The van der Waals surface area contributed by atoms with Crippen LogP contribution < -0.4 is 5.32 Å². The van der Waals surface area contributed by atoms with Gasteiger partial charge in [-0.05, 0) is 46.2 Å². The molecule has 2 rings (SSSR count). The first-order chi connectivity index (χ1) is 9.79. The van der Waals surface area contributed by atoms with Crippen LogP contribution in [-0.2, 0) is 9.59 Å². The highest BCUT2D eigenvalue weighted by atomic mass is 16.2. The summed E-state index contributed by atoms with van der Waals surface area (Å²) in [7, 11) is 0. The minimum absolute atomic E-state index is 0.0561. The summed E-state index contributed by atoms with van der Waals surface area (Å²) in [5.74, 6) is -0.316. The number of hydrogen-bond acceptors (Lipinski definition) is 3. The minimum atomic E-state index is -0.278. The largest absolute Gasteiger partial charge is 0.339 e. The van der Waals surface area contributed by atoms with Crippen LogP contribution in [0.25, 0.3) is 0 Å². The van der Waals surface area contributed by atoms with Gasteiger partial charge in [0.25, 0.3) is 0 Å². The molecule has 2 heterocycles. The van der Waals surface area contributed by atoms with E-state index in [1.807, 2.05) is 40.7 Å². The maximum atomic E-state index is 12.4. The van der Waals surface area contributed by atoms with E-state index in [4.69, 9.17) is 0 Å². The van der Waals surface area contributed by atoms with E-state index in [0.717, 1.165) is 22.6 Å². The third kappa shape index (κ3) is 3.23. The Bertz CT molecular complexity index is 558. The lowest BCUT2D eigenvalue weighted by Crippen LogP contribution is -2.33. The zero-order valence-corrected chi connectivity index (χ0v) is 13.4. The maximum Gasteiger partial charge on any atom is 0.229 e. The number of aromatic nitrogens is 1. The first kappa shape index (κ1) is 15.5. The van der Waals surface area contributed by atoms with Gasteiger partial charge in [-0.25, -0.2) is 0 Å². The van der Waals surface area contributed by atoms with Gasteiger partial charge in [-0.15, -0.1) is 0 Å². The van der Waals surface area contributed by atoms with Gasteiger partial charge in [-0.1, -0.05) is 0 Å². The molecule has 0 aliphatic carbocycles. The molecule has 1 N–H and O–H groups in total. The summed E-state index contributed by atoms with van der Waals surface area (Å²) in [6.07, 6.45) is 0.293. The Balaban J connectivity index is 2.11. The van der Waals surface area contributed by atoms with Gasteiger partial charge in [0.05, 0.1) is 17.3 Å². The van der Waals surface area contributed by atoms with E-state index in [2.05, 4.69) is 10.3 Å². The predicted octanol–water partition coefficient (Wildman–Crippen LogP) is 2.20. The molecule has 5 nitrogen and oxygen atoms in total. The number of pyridine rings is 1. The van der Waals surface area contributed by atoms with Crippen molar-refractivity contribution in [3.8, 4) is 0 Å². The molecule has 5 heteroatoms. The SMILES string of the molecule is Cc1cc(C)c(NC(=O)C2CC(=O)N(C(C)C)C2)c(C)n1. The fourth-order valence-electron chi connectivity index (χ4n) is 2.84. The van der Waals surface area contributed by atoms with Gasteiger partial charge in [-0.3, -0.25) is 14.6 Å². The smallest absolute Gasteiger partial charge is 0.229 e. The van der Waals surface area contributed by atoms with Crippen molar-refractivity contribution in [2.75, 3.05) is 11.9 Å². The summed E-state index contributed by atoms with van der Waals surface area (Å²) in [6, 6.07) is 2.09. The topological polar surface area (TPSA) is 62.3 Å². The van der Waals surface area contributed by atoms with E-state index < -0.39 is 0 Å². The number of aryl methyl sites for hydroxylation is 3. The van der Waals surface area contributed by atoms with E-state index >= 15 is 0 Å². The van der Waals surface area contributed by atoms with Gasteiger partial charge in [-0.2, -0.15) is 0 Å². The van der Waals surface area contributed by atoms with Crippen LogP contribution in [0.2, 0.25) is 0 Å². The van der Waals surface area contributed by atoms with Crippen LogP contribution in [0.3, 0.4) is 0 Å². The molecule has 1 aromatic rings. The van der Waals surface area contributed by atoms with Gasteiger partial charge >= 0.3 is 0 Å². The van der Waals surface area contributed by atoms with Crippen molar-refractivity contribution in [1.82, 2.24) is 9.88 Å². The second-order valence-electron chi connectivity index (χ2n) is 6.07. The number of amides is 2. The molecule has 1 fully saturated rings. The average molecular weight is 289 g/mol. The molecular formula is C16H23N3O2. The van der Waals surface area contributed by atoms with Crippen LogP contribution in [0.1, 0.15) is 37.2 Å². The number of carbonyl (C=O) groups is 2. The highest BCUT2D eigenvalue weighted by Crippen LogP contribution is 2.24. The van der Waals surface area contributed by atoms with Crippen molar-refractivity contribution in [1.29, 1.82) is 0 Å². The van der Waals surface area contributed by atoms with Gasteiger partial charge in [0.2, 0.25) is 11.8 Å². The molecule has 21 heavy (non-hydrogen) atoms. The summed E-state index contributed by atoms with van der Waals surface area (Å²) in [5.41, 5.74) is 3.51. The van der Waals surface area contributed by atoms with E-state index in [9.17, 15) is 9.59 Å². The molecule has 0 saturated carbocycles. The van der Waals surface area contributed by atoms with E-state index in [1.54, 1.807) is 4.90 Å². The lowest BCUT2D eigenvalue weighted by Gasteiger charge is -2.21. The first-order valence-corrected chi connectivity index (χ1v) is 7.34. The van der Waals surface area contributed by atoms with E-state index in [1.165, 1.54) is 0 Å². The Hall–Kier alpha value is -1.91. The second kappa shape index (κ2) is 5.84. The molecule has 0 bridgehead atoms. The number of likely N-dealkylation sites (tertiary alicyclic amines) is 1. The number of nitrogens with one attached hydrogen (secondary N) is 1. The summed E-state index contributed by atoms with van der Waals surface area (Å²) < 4.78 is 0. The zero-order chi connectivity index (χ0) is 15.7. The first-order valence-electron chi connectivity index (χ1n) is 7.34. The Labute approximate surface area is 125 Å². The third-order valence-corrected chi connectivity index (χ3v) is 3.93. The number of nitrogens with zero attached hydrogens (tertiary/aromatic N) is 2. The number of rotatable bonds is 3. The van der Waals surface area contributed by atoms with Crippen molar-refractivity contribution in [2.24, 2.45) is 5.92 Å². The molecule has 2 amide bonds. The van der Waals surface area contributed by atoms with Crippen LogP contribution in [-0.4, -0.2) is 34.3 Å². The molecule has 1 saturated heterocycles. The maximum absolute atomic E-state index is 12.4. The van der Waals surface area contributed by atoms with Gasteiger partial charge in [0.15, 0.2) is 0 Å². The Kier molecular flexibility index (Phi) is 4.30. The van der Waals surface area contributed by atoms with E-state index in [0.29, 0.717) is 13.0 Å². The lowest BCUT2D eigenvalue weighted by atomic mass is 10.1. The Morgan fingerprint density at radius 1 is 1.38 bits per heavy atom. The second-order valence-corrected chi connectivity index (χ2v) is 6.07. The highest BCUT2D eigenvalue weighted by molar-refractivity contribution is 5.98. The molecule has 0 spiro atoms. The summed E-state index contributed by atoms with van der Waals surface area (Å²) in [5, 5.41) is 2.95. The normalized spacial score (nSPS) is 18.5. The van der Waals surface area contributed by atoms with Crippen molar-refractivity contribution < 1.29 is 9.59 Å². The quantitative estimate of drug-likeness (QED) is 0.928. The van der Waals surface area contributed by atoms with Gasteiger partial charge < -0.3 is 10.2 Å². The van der Waals surface area contributed by atoms with Crippen molar-refractivity contribution in [3.05, 3.63) is 23.0 Å². The molecular weight excluding hydrogens is 266 g/mol. The fraction of sp³-hybridized carbons (Fsp3) is 0.562. The standard InChI is InChI=1S/C16H23N3O2/c1-9(2)19-8-13(7-14(19)20)16(21)18-15-10(3)6-11(4)17-12(15)5/h6,9,13H,7-8H2,1-5H3,(H,18,21). The number of carbonyl (C=O) groups excluding carboxylic acids is 2. The molecule has 1 aliphatic heterocycles. The fourth-order valence-corrected chi connectivity index (χ4v) is 2.84. The predicted molar refractivity (Wildman–Crippen MR) is 82.0 cm³/mol. The summed E-state index contributed by atoms with van der Waals surface area (Å²) in [4.78, 5) is 30.4. The van der Waals surface area contributed by atoms with Crippen molar-refractivity contribution >= 4 is 17.5 Å². The molecule has 1 aromatic heterocycles. The zero-order valence-electron chi connectivity index (χ0n) is 13.4. The molecule has 0 aromatic carbocycles. The van der Waals surface area contributed by atoms with E-state index in [-0.39, 0.29) is 23.8 Å². The van der Waals surface area contributed by atoms with Gasteiger partial charge in [0, 0.05) is 24.7 Å². The van der Waals surface area contributed by atoms with Crippen LogP contribution >= 0.6 is 0 Å². The van der Waals surface area contributed by atoms with Crippen molar-refractivity contribution in [3.63, 3.8) is 0 Å². The van der Waals surface area contributed by atoms with Crippen LogP contribution in [0.5, 0.6) is 0 Å². The lowest BCUT2D eigenvalue weighted by molar-refractivity contribution is -0.129. The number of anilines is 1. The van der Waals surface area contributed by atoms with Crippen molar-refractivity contribution in [2.45, 2.75) is 47.1 Å². The molecule has 0 radical (unpaired) electrons. The molecule has 1 atom stereocenters. The molecule has 1 unspecified atom stereocenters. The van der Waals surface area contributed by atoms with Crippen LogP contribution in [0, 0.1) is 26.7 Å². The highest BCUT2D eigenvalue weighted by Gasteiger charge is 2.35. The molecule has 114 valence electrons. The van der Waals surface area contributed by atoms with Crippen LogP contribution in [0.15, 0.2) is 6.07 Å². The Morgan fingerprint density at radius 3 is 2.57 bits per heavy atom. The van der Waals surface area contributed by atoms with Gasteiger partial charge in [0.1, 0.15) is 0 Å².